The maximum Gasteiger partial charge on any atom is 0.313 e. The topological polar surface area (TPSA) is 69.7 Å². The van der Waals surface area contributed by atoms with Crippen LogP contribution >= 0.6 is 0 Å². The zero-order valence-corrected chi connectivity index (χ0v) is 8.45. The molecule has 0 aromatic heterocycles. The minimum absolute atomic E-state index is 0.248. The molecule has 0 atom stereocenters. The van der Waals surface area contributed by atoms with Gasteiger partial charge < -0.3 is 9.47 Å². The average Bonchev–Trinajstić information content (AvgIpc) is 2.51. The summed E-state index contributed by atoms with van der Waals surface area (Å²) in [5.74, 6) is -0.985. The molecule has 0 amide bonds. The maximum atomic E-state index is 11.2. The van der Waals surface area contributed by atoms with Crippen LogP contribution in [0.5, 0.6) is 0 Å². The van der Waals surface area contributed by atoms with Crippen LogP contribution in [0.2, 0.25) is 0 Å². The van der Waals surface area contributed by atoms with Crippen LogP contribution in [0.1, 0.15) is 26.2 Å². The number of ether oxygens (including phenoxy) is 2. The maximum absolute atomic E-state index is 11.2. The van der Waals surface area contributed by atoms with Crippen LogP contribution in [0.3, 0.4) is 0 Å². The lowest BCUT2D eigenvalue weighted by molar-refractivity contribution is -0.144. The lowest BCUT2D eigenvalue weighted by Gasteiger charge is -1.98. The molecule has 1 aliphatic heterocycles. The quantitative estimate of drug-likeness (QED) is 0.390. The van der Waals surface area contributed by atoms with E-state index in [0.717, 1.165) is 0 Å². The predicted octanol–water partition coefficient (Wildman–Crippen LogP) is 0.730. The van der Waals surface area contributed by atoms with Gasteiger partial charge in [0.1, 0.15) is 12.2 Å². The Kier molecular flexibility index (Phi) is 4.03. The van der Waals surface area contributed by atoms with Gasteiger partial charge in [0, 0.05) is 12.5 Å². The second-order valence-electron chi connectivity index (χ2n) is 3.03. The van der Waals surface area contributed by atoms with Gasteiger partial charge in [0.25, 0.3) is 0 Å². The second-order valence-corrected chi connectivity index (χ2v) is 3.03. The van der Waals surface area contributed by atoms with Gasteiger partial charge in [-0.1, -0.05) is 0 Å². The van der Waals surface area contributed by atoms with Crippen molar-refractivity contribution in [3.8, 4) is 0 Å². The monoisotopic (exact) mass is 212 g/mol. The van der Waals surface area contributed by atoms with Gasteiger partial charge in [-0.2, -0.15) is 0 Å². The molecule has 5 heteroatoms. The first-order valence-electron chi connectivity index (χ1n) is 4.71. The number of esters is 2. The number of cyclic esters (lactones) is 1. The summed E-state index contributed by atoms with van der Waals surface area (Å²) in [5, 5.41) is 0. The van der Waals surface area contributed by atoms with Crippen LogP contribution in [0.25, 0.3) is 0 Å². The molecule has 0 radical (unpaired) electrons. The Morgan fingerprint density at radius 2 is 2.20 bits per heavy atom. The lowest BCUT2D eigenvalue weighted by atomic mass is 10.2. The van der Waals surface area contributed by atoms with Crippen LogP contribution in [-0.4, -0.2) is 24.3 Å². The van der Waals surface area contributed by atoms with Crippen molar-refractivity contribution < 1.29 is 23.9 Å². The van der Waals surface area contributed by atoms with Crippen LogP contribution < -0.4 is 0 Å². The normalized spacial score (nSPS) is 17.7. The highest BCUT2D eigenvalue weighted by molar-refractivity contribution is 6.02. The van der Waals surface area contributed by atoms with Gasteiger partial charge in [0.05, 0.1) is 13.0 Å². The van der Waals surface area contributed by atoms with Crippen LogP contribution in [-0.2, 0) is 23.9 Å². The molecule has 1 saturated heterocycles. The third kappa shape index (κ3) is 3.93. The standard InChI is InChI=1S/C10H12O5/c1-2-14-10(13)6-7(11)5-8-3-4-9(12)15-8/h5H,2-4,6H2,1H3/b8-5+. The zero-order valence-electron chi connectivity index (χ0n) is 8.45. The molecular formula is C10H12O5. The van der Waals surface area contributed by atoms with Crippen molar-refractivity contribution >= 4 is 17.7 Å². The molecule has 0 saturated carbocycles. The Labute approximate surface area is 87.0 Å². The third-order valence-corrected chi connectivity index (χ3v) is 1.77. The van der Waals surface area contributed by atoms with Crippen LogP contribution in [0.4, 0.5) is 0 Å². The second kappa shape index (κ2) is 5.29. The number of allylic oxidation sites excluding steroid dienone is 2. The summed E-state index contributed by atoms with van der Waals surface area (Å²) < 4.78 is 9.32. The summed E-state index contributed by atoms with van der Waals surface area (Å²) in [4.78, 5) is 32.8. The highest BCUT2D eigenvalue weighted by Gasteiger charge is 2.18. The van der Waals surface area contributed by atoms with Gasteiger partial charge >= 0.3 is 11.9 Å². The molecule has 1 aliphatic rings. The number of ketones is 1. The van der Waals surface area contributed by atoms with E-state index in [1.165, 1.54) is 6.08 Å². The fourth-order valence-corrected chi connectivity index (χ4v) is 1.16. The molecule has 1 heterocycles. The van der Waals surface area contributed by atoms with E-state index in [9.17, 15) is 14.4 Å². The van der Waals surface area contributed by atoms with E-state index in [-0.39, 0.29) is 19.0 Å². The minimum atomic E-state index is -0.566. The van der Waals surface area contributed by atoms with Crippen molar-refractivity contribution in [1.82, 2.24) is 0 Å². The van der Waals surface area contributed by atoms with E-state index in [0.29, 0.717) is 18.6 Å². The molecule has 82 valence electrons. The first-order valence-corrected chi connectivity index (χ1v) is 4.71. The first kappa shape index (κ1) is 11.4. The molecule has 1 fully saturated rings. The Morgan fingerprint density at radius 3 is 2.73 bits per heavy atom. The van der Waals surface area contributed by atoms with Gasteiger partial charge in [-0.25, -0.2) is 0 Å². The molecule has 5 nitrogen and oxygen atoms in total. The first-order chi connectivity index (χ1) is 7.11. The largest absolute Gasteiger partial charge is 0.466 e. The van der Waals surface area contributed by atoms with Crippen molar-refractivity contribution in [2.45, 2.75) is 26.2 Å². The number of rotatable bonds is 4. The van der Waals surface area contributed by atoms with E-state index in [2.05, 4.69) is 4.74 Å². The molecule has 0 N–H and O–H groups in total. The Bertz CT molecular complexity index is 316. The van der Waals surface area contributed by atoms with E-state index < -0.39 is 11.8 Å². The summed E-state index contributed by atoms with van der Waals surface area (Å²) >= 11 is 0. The smallest absolute Gasteiger partial charge is 0.313 e. The van der Waals surface area contributed by atoms with Gasteiger partial charge in [-0.3, -0.25) is 14.4 Å². The molecule has 15 heavy (non-hydrogen) atoms. The molecular weight excluding hydrogens is 200 g/mol. The van der Waals surface area contributed by atoms with Crippen LogP contribution in [0, 0.1) is 0 Å². The fraction of sp³-hybridized carbons (Fsp3) is 0.500. The Hall–Kier alpha value is -1.65. The number of carbonyl (C=O) groups excluding carboxylic acids is 3. The lowest BCUT2D eigenvalue weighted by Crippen LogP contribution is -2.09. The fourth-order valence-electron chi connectivity index (χ4n) is 1.16. The molecule has 0 spiro atoms. The molecule has 0 bridgehead atoms. The summed E-state index contributed by atoms with van der Waals surface area (Å²) in [6.45, 7) is 1.91. The molecule has 0 unspecified atom stereocenters. The summed E-state index contributed by atoms with van der Waals surface area (Å²) in [5.41, 5.74) is 0. The van der Waals surface area contributed by atoms with E-state index in [4.69, 9.17) is 4.74 Å². The zero-order chi connectivity index (χ0) is 11.3. The Balaban J connectivity index is 2.41. The average molecular weight is 212 g/mol. The summed E-state index contributed by atoms with van der Waals surface area (Å²) in [7, 11) is 0. The van der Waals surface area contributed by atoms with Crippen molar-refractivity contribution in [2.24, 2.45) is 0 Å². The van der Waals surface area contributed by atoms with Gasteiger partial charge in [0.15, 0.2) is 5.78 Å². The summed E-state index contributed by atoms with van der Waals surface area (Å²) in [6, 6.07) is 0. The molecule has 1 rings (SSSR count). The SMILES string of the molecule is CCOC(=O)CC(=O)/C=C1\CCC(=O)O1. The van der Waals surface area contributed by atoms with E-state index in [1.807, 2.05) is 0 Å². The molecule has 0 aliphatic carbocycles. The van der Waals surface area contributed by atoms with Gasteiger partial charge in [-0.15, -0.1) is 0 Å². The molecule has 0 aromatic rings. The number of carbonyl (C=O) groups is 3. The van der Waals surface area contributed by atoms with Gasteiger partial charge in [-0.05, 0) is 6.92 Å². The predicted molar refractivity (Wildman–Crippen MR) is 49.7 cm³/mol. The highest BCUT2D eigenvalue weighted by atomic mass is 16.5. The molecule has 0 aromatic carbocycles. The van der Waals surface area contributed by atoms with Crippen LogP contribution in [0.15, 0.2) is 11.8 Å². The Morgan fingerprint density at radius 1 is 1.47 bits per heavy atom. The number of hydrogen-bond donors (Lipinski definition) is 0. The van der Waals surface area contributed by atoms with E-state index >= 15 is 0 Å². The highest BCUT2D eigenvalue weighted by Crippen LogP contribution is 2.17. The summed E-state index contributed by atoms with van der Waals surface area (Å²) in [6.07, 6.45) is 1.59. The van der Waals surface area contributed by atoms with Crippen molar-refractivity contribution in [3.63, 3.8) is 0 Å². The third-order valence-electron chi connectivity index (χ3n) is 1.77. The minimum Gasteiger partial charge on any atom is -0.466 e. The van der Waals surface area contributed by atoms with Crippen molar-refractivity contribution in [2.75, 3.05) is 6.61 Å². The van der Waals surface area contributed by atoms with Crippen molar-refractivity contribution in [1.29, 1.82) is 0 Å². The number of hydrogen-bond acceptors (Lipinski definition) is 5. The van der Waals surface area contributed by atoms with E-state index in [1.54, 1.807) is 6.92 Å². The van der Waals surface area contributed by atoms with Crippen molar-refractivity contribution in [3.05, 3.63) is 11.8 Å². The van der Waals surface area contributed by atoms with Gasteiger partial charge in [0.2, 0.25) is 0 Å².